The second-order valence-electron chi connectivity index (χ2n) is 2.25. The first-order valence-corrected chi connectivity index (χ1v) is 3.59. The van der Waals surface area contributed by atoms with Crippen molar-refractivity contribution >= 4 is 5.71 Å². The van der Waals surface area contributed by atoms with Crippen LogP contribution in [0.4, 0.5) is 0 Å². The summed E-state index contributed by atoms with van der Waals surface area (Å²) in [6.45, 7) is 0. The Morgan fingerprint density at radius 1 is 1.54 bits per heavy atom. The van der Waals surface area contributed by atoms with Crippen molar-refractivity contribution in [3.63, 3.8) is 0 Å². The van der Waals surface area contributed by atoms with Crippen molar-refractivity contribution in [2.45, 2.75) is 0 Å². The number of nitriles is 1. The lowest BCUT2D eigenvalue weighted by atomic mass is 10.1. The van der Waals surface area contributed by atoms with E-state index in [-0.39, 0.29) is 11.5 Å². The van der Waals surface area contributed by atoms with Gasteiger partial charge in [0.1, 0.15) is 18.9 Å². The van der Waals surface area contributed by atoms with E-state index >= 15 is 0 Å². The van der Waals surface area contributed by atoms with Crippen LogP contribution in [0.2, 0.25) is 0 Å². The minimum Gasteiger partial charge on any atom is -0.507 e. The van der Waals surface area contributed by atoms with Gasteiger partial charge in [0.25, 0.3) is 0 Å². The van der Waals surface area contributed by atoms with E-state index in [1.807, 2.05) is 6.07 Å². The molecule has 1 rings (SSSR count). The Balaban J connectivity index is 3.14. The lowest BCUT2D eigenvalue weighted by molar-refractivity contribution is 0.214. The van der Waals surface area contributed by atoms with Crippen molar-refractivity contribution in [2.24, 2.45) is 5.16 Å². The summed E-state index contributed by atoms with van der Waals surface area (Å²) in [6, 6.07) is 8.28. The molecule has 0 saturated heterocycles. The highest BCUT2D eigenvalue weighted by Crippen LogP contribution is 2.16. The first kappa shape index (κ1) is 9.07. The Bertz CT molecular complexity index is 366. The van der Waals surface area contributed by atoms with Crippen molar-refractivity contribution in [3.8, 4) is 11.8 Å². The molecular formula is C9H8N2O2. The summed E-state index contributed by atoms with van der Waals surface area (Å²) in [5.74, 6) is 0.0138. The van der Waals surface area contributed by atoms with Gasteiger partial charge in [-0.15, -0.1) is 0 Å². The summed E-state index contributed by atoms with van der Waals surface area (Å²) in [5, 5.41) is 21.5. The summed E-state index contributed by atoms with van der Waals surface area (Å²) < 4.78 is 0. The molecule has 0 fully saturated rings. The first-order valence-electron chi connectivity index (χ1n) is 3.59. The molecule has 0 unspecified atom stereocenters. The van der Waals surface area contributed by atoms with Gasteiger partial charge in [-0.1, -0.05) is 17.3 Å². The Morgan fingerprint density at radius 2 is 2.23 bits per heavy atom. The minimum absolute atomic E-state index is 0.0138. The Labute approximate surface area is 75.7 Å². The fourth-order valence-corrected chi connectivity index (χ4v) is 0.895. The first-order chi connectivity index (χ1) is 6.29. The van der Waals surface area contributed by atoms with Crippen LogP contribution in [0.3, 0.4) is 0 Å². The van der Waals surface area contributed by atoms with Crippen molar-refractivity contribution in [1.82, 2.24) is 0 Å². The molecule has 0 aliphatic heterocycles. The van der Waals surface area contributed by atoms with E-state index in [1.165, 1.54) is 13.2 Å². The smallest absolute Gasteiger partial charge is 0.190 e. The maximum atomic E-state index is 9.35. The highest BCUT2D eigenvalue weighted by molar-refractivity contribution is 6.12. The number of phenolic OH excluding ortho intramolecular Hbond substituents is 1. The fourth-order valence-electron chi connectivity index (χ4n) is 0.895. The molecule has 0 aliphatic rings. The van der Waals surface area contributed by atoms with Gasteiger partial charge >= 0.3 is 0 Å². The van der Waals surface area contributed by atoms with E-state index in [1.54, 1.807) is 18.2 Å². The second kappa shape index (κ2) is 4.12. The number of hydrogen-bond acceptors (Lipinski definition) is 4. The van der Waals surface area contributed by atoms with E-state index in [0.29, 0.717) is 5.56 Å². The second-order valence-corrected chi connectivity index (χ2v) is 2.25. The SMILES string of the molecule is CON=C(C#N)c1ccccc1O. The topological polar surface area (TPSA) is 65.6 Å². The largest absolute Gasteiger partial charge is 0.507 e. The molecule has 0 atom stereocenters. The zero-order valence-corrected chi connectivity index (χ0v) is 7.06. The number of phenols is 1. The number of benzene rings is 1. The van der Waals surface area contributed by atoms with Gasteiger partial charge in [0.2, 0.25) is 0 Å². The zero-order chi connectivity index (χ0) is 9.68. The Morgan fingerprint density at radius 3 is 2.77 bits per heavy atom. The van der Waals surface area contributed by atoms with Gasteiger partial charge in [0.05, 0.1) is 5.56 Å². The van der Waals surface area contributed by atoms with E-state index in [4.69, 9.17) is 5.26 Å². The lowest BCUT2D eigenvalue weighted by Crippen LogP contribution is -1.97. The Hall–Kier alpha value is -2.02. The standard InChI is InChI=1S/C9H8N2O2/c1-13-11-8(6-10)7-4-2-3-5-9(7)12/h2-5,12H,1H3. The van der Waals surface area contributed by atoms with Crippen LogP contribution in [0, 0.1) is 11.3 Å². The highest BCUT2D eigenvalue weighted by Gasteiger charge is 2.07. The van der Waals surface area contributed by atoms with Crippen LogP contribution in [0.15, 0.2) is 29.4 Å². The molecule has 4 nitrogen and oxygen atoms in total. The molecule has 13 heavy (non-hydrogen) atoms. The van der Waals surface area contributed by atoms with E-state index in [9.17, 15) is 5.11 Å². The summed E-state index contributed by atoms with van der Waals surface area (Å²) in [6.07, 6.45) is 0. The number of nitrogens with zero attached hydrogens (tertiary/aromatic N) is 2. The summed E-state index contributed by atoms with van der Waals surface area (Å²) in [7, 11) is 1.34. The number of hydrogen-bond donors (Lipinski definition) is 1. The number of oxime groups is 1. The predicted octanol–water partition coefficient (Wildman–Crippen LogP) is 1.27. The van der Waals surface area contributed by atoms with Crippen LogP contribution in [0.1, 0.15) is 5.56 Å². The third-order valence-corrected chi connectivity index (χ3v) is 1.45. The molecule has 0 aromatic heterocycles. The lowest BCUT2D eigenvalue weighted by Gasteiger charge is -1.99. The quantitative estimate of drug-likeness (QED) is 0.545. The predicted molar refractivity (Wildman–Crippen MR) is 47.3 cm³/mol. The van der Waals surface area contributed by atoms with E-state index < -0.39 is 0 Å². The van der Waals surface area contributed by atoms with E-state index in [0.717, 1.165) is 0 Å². The van der Waals surface area contributed by atoms with Crippen LogP contribution >= 0.6 is 0 Å². The molecular weight excluding hydrogens is 168 g/mol. The molecule has 4 heteroatoms. The number of aromatic hydroxyl groups is 1. The maximum absolute atomic E-state index is 9.35. The van der Waals surface area contributed by atoms with Crippen molar-refractivity contribution in [1.29, 1.82) is 5.26 Å². The molecule has 66 valence electrons. The minimum atomic E-state index is 0.0138. The molecule has 0 radical (unpaired) electrons. The molecule has 1 aromatic carbocycles. The molecule has 0 saturated carbocycles. The monoisotopic (exact) mass is 176 g/mol. The fraction of sp³-hybridized carbons (Fsp3) is 0.111. The number of para-hydroxylation sites is 1. The van der Waals surface area contributed by atoms with Gasteiger partial charge in [-0.25, -0.2) is 0 Å². The normalized spacial score (nSPS) is 10.6. The van der Waals surface area contributed by atoms with Crippen molar-refractivity contribution < 1.29 is 9.94 Å². The maximum Gasteiger partial charge on any atom is 0.190 e. The molecule has 0 spiro atoms. The Kier molecular flexibility index (Phi) is 2.87. The van der Waals surface area contributed by atoms with Crippen LogP contribution in [-0.4, -0.2) is 17.9 Å². The van der Waals surface area contributed by atoms with Crippen molar-refractivity contribution in [2.75, 3.05) is 7.11 Å². The van der Waals surface area contributed by atoms with Gasteiger partial charge in [-0.05, 0) is 12.1 Å². The summed E-state index contributed by atoms with van der Waals surface area (Å²) in [4.78, 5) is 4.46. The van der Waals surface area contributed by atoms with Crippen LogP contribution < -0.4 is 0 Å². The molecule has 0 heterocycles. The molecule has 0 bridgehead atoms. The zero-order valence-electron chi connectivity index (χ0n) is 7.06. The third-order valence-electron chi connectivity index (χ3n) is 1.45. The van der Waals surface area contributed by atoms with Gasteiger partial charge in [0, 0.05) is 0 Å². The molecule has 1 aromatic rings. The van der Waals surface area contributed by atoms with Gasteiger partial charge in [-0.3, -0.25) is 0 Å². The van der Waals surface area contributed by atoms with Gasteiger partial charge in [-0.2, -0.15) is 5.26 Å². The van der Waals surface area contributed by atoms with Gasteiger partial charge < -0.3 is 9.94 Å². The van der Waals surface area contributed by atoms with Crippen LogP contribution in [0.5, 0.6) is 5.75 Å². The van der Waals surface area contributed by atoms with Crippen LogP contribution in [0.25, 0.3) is 0 Å². The molecule has 0 aliphatic carbocycles. The average molecular weight is 176 g/mol. The summed E-state index contributed by atoms with van der Waals surface area (Å²) >= 11 is 0. The third kappa shape index (κ3) is 1.97. The average Bonchev–Trinajstić information content (AvgIpc) is 2.16. The van der Waals surface area contributed by atoms with Gasteiger partial charge in [0.15, 0.2) is 5.71 Å². The molecule has 0 amide bonds. The van der Waals surface area contributed by atoms with Crippen molar-refractivity contribution in [3.05, 3.63) is 29.8 Å². The highest BCUT2D eigenvalue weighted by atomic mass is 16.6. The molecule has 1 N–H and O–H groups in total. The summed E-state index contributed by atoms with van der Waals surface area (Å²) in [5.41, 5.74) is 0.424. The van der Waals surface area contributed by atoms with Crippen LogP contribution in [-0.2, 0) is 4.84 Å². The van der Waals surface area contributed by atoms with E-state index in [2.05, 4.69) is 9.99 Å². The number of rotatable bonds is 2.